The van der Waals surface area contributed by atoms with Gasteiger partial charge in [-0.15, -0.1) is 0 Å². The molecule has 0 aliphatic carbocycles. The number of hydrogen-bond donors (Lipinski definition) is 1. The van der Waals surface area contributed by atoms with Gasteiger partial charge in [-0.3, -0.25) is 14.9 Å². The highest BCUT2D eigenvalue weighted by molar-refractivity contribution is 6.35. The van der Waals surface area contributed by atoms with E-state index in [2.05, 4.69) is 5.10 Å². The van der Waals surface area contributed by atoms with Crippen molar-refractivity contribution in [1.29, 1.82) is 0 Å². The molecule has 0 saturated carbocycles. The number of carbonyl (C=O) groups excluding carboxylic acids is 1. The number of benzene rings is 2. The minimum absolute atomic E-state index is 0.150. The molecule has 0 amide bonds. The third-order valence-corrected chi connectivity index (χ3v) is 4.21. The Hall–Kier alpha value is -3.10. The first-order chi connectivity index (χ1) is 12.8. The number of aryl methyl sites for hydroxylation is 1. The number of nitro benzene ring substituents is 1. The number of nitro groups is 1. The molecule has 0 aliphatic heterocycles. The first kappa shape index (κ1) is 18.7. The van der Waals surface area contributed by atoms with Crippen LogP contribution in [-0.4, -0.2) is 25.6 Å². The van der Waals surface area contributed by atoms with Gasteiger partial charge in [0.25, 0.3) is 5.69 Å². The molecule has 3 aromatic rings. The van der Waals surface area contributed by atoms with Crippen LogP contribution in [0, 0.1) is 10.1 Å². The fourth-order valence-corrected chi connectivity index (χ4v) is 2.79. The molecule has 10 heteroatoms. The number of aromatic nitrogens is 2. The predicted molar refractivity (Wildman–Crippen MR) is 97.9 cm³/mol. The molecule has 0 atom stereocenters. The van der Waals surface area contributed by atoms with E-state index in [0.717, 1.165) is 16.9 Å². The number of carbonyl (C=O) groups is 1. The maximum atomic E-state index is 12.7. The number of rotatable bonds is 5. The van der Waals surface area contributed by atoms with Crippen molar-refractivity contribution in [2.45, 2.75) is 0 Å². The van der Waals surface area contributed by atoms with Crippen LogP contribution in [-0.2, 0) is 7.05 Å². The molecule has 0 unspecified atom stereocenters. The van der Waals surface area contributed by atoms with Gasteiger partial charge in [0, 0.05) is 18.1 Å². The average Bonchev–Trinajstić information content (AvgIpc) is 2.95. The second-order valence-corrected chi connectivity index (χ2v) is 6.29. The van der Waals surface area contributed by atoms with Crippen LogP contribution in [0.3, 0.4) is 0 Å². The lowest BCUT2D eigenvalue weighted by molar-refractivity contribution is -0.385. The fourth-order valence-electron chi connectivity index (χ4n) is 2.34. The van der Waals surface area contributed by atoms with Gasteiger partial charge in [0.05, 0.1) is 16.1 Å². The van der Waals surface area contributed by atoms with Crippen LogP contribution in [0.4, 0.5) is 5.69 Å². The van der Waals surface area contributed by atoms with E-state index in [1.807, 2.05) is 0 Å². The summed E-state index contributed by atoms with van der Waals surface area (Å²) in [4.78, 5) is 23.3. The van der Waals surface area contributed by atoms with Crippen LogP contribution in [0.15, 0.2) is 42.6 Å². The van der Waals surface area contributed by atoms with E-state index in [1.54, 1.807) is 6.07 Å². The van der Waals surface area contributed by atoms with E-state index in [1.165, 1.54) is 31.3 Å². The van der Waals surface area contributed by atoms with Gasteiger partial charge in [0.1, 0.15) is 22.6 Å². The normalized spacial score (nSPS) is 10.6. The Bertz CT molecular complexity index is 1060. The van der Waals surface area contributed by atoms with Crippen LogP contribution < -0.4 is 4.74 Å². The standard InChI is InChI=1S/C17H11Cl2N3O5/c1-21-17(24)12(8-20-21)16(23)11-7-10(3-4-14(11)22(25)26)27-15-5-2-9(18)6-13(15)19/h2-8,24H,1H3. The molecule has 2 aromatic carbocycles. The third-order valence-electron chi connectivity index (χ3n) is 3.68. The molecular formula is C17H11Cl2N3O5. The zero-order valence-corrected chi connectivity index (χ0v) is 15.2. The summed E-state index contributed by atoms with van der Waals surface area (Å²) >= 11 is 11.9. The Kier molecular flexibility index (Phi) is 5.02. The number of nitrogens with zero attached hydrogens (tertiary/aromatic N) is 3. The molecule has 0 aliphatic rings. The van der Waals surface area contributed by atoms with Crippen molar-refractivity contribution in [1.82, 2.24) is 9.78 Å². The van der Waals surface area contributed by atoms with E-state index in [9.17, 15) is 20.0 Å². The Morgan fingerprint density at radius 3 is 2.56 bits per heavy atom. The quantitative estimate of drug-likeness (QED) is 0.382. The SMILES string of the molecule is Cn1ncc(C(=O)c2cc(Oc3ccc(Cl)cc3Cl)ccc2[N+](=O)[O-])c1O. The number of hydrogen-bond acceptors (Lipinski definition) is 6. The molecule has 0 fully saturated rings. The Labute approximate surface area is 162 Å². The molecule has 1 N–H and O–H groups in total. The molecule has 1 heterocycles. The molecular weight excluding hydrogens is 397 g/mol. The summed E-state index contributed by atoms with van der Waals surface area (Å²) in [7, 11) is 1.43. The highest BCUT2D eigenvalue weighted by Crippen LogP contribution is 2.34. The average molecular weight is 408 g/mol. The lowest BCUT2D eigenvalue weighted by Gasteiger charge is -2.09. The van der Waals surface area contributed by atoms with Gasteiger partial charge in [-0.1, -0.05) is 23.2 Å². The molecule has 0 spiro atoms. The van der Waals surface area contributed by atoms with Crippen LogP contribution in [0.1, 0.15) is 15.9 Å². The smallest absolute Gasteiger partial charge is 0.280 e. The fraction of sp³-hybridized carbons (Fsp3) is 0.0588. The van der Waals surface area contributed by atoms with Crippen LogP contribution in [0.25, 0.3) is 0 Å². The Morgan fingerprint density at radius 2 is 1.96 bits per heavy atom. The van der Waals surface area contributed by atoms with Crippen LogP contribution in [0.5, 0.6) is 17.4 Å². The maximum absolute atomic E-state index is 12.7. The zero-order valence-electron chi connectivity index (χ0n) is 13.7. The lowest BCUT2D eigenvalue weighted by atomic mass is 10.0. The topological polar surface area (TPSA) is 107 Å². The van der Waals surface area contributed by atoms with Crippen LogP contribution >= 0.6 is 23.2 Å². The number of halogens is 2. The lowest BCUT2D eigenvalue weighted by Crippen LogP contribution is -2.06. The van der Waals surface area contributed by atoms with Gasteiger partial charge in [-0.2, -0.15) is 5.10 Å². The van der Waals surface area contributed by atoms with E-state index in [0.29, 0.717) is 5.02 Å². The maximum Gasteiger partial charge on any atom is 0.280 e. The number of ketones is 1. The summed E-state index contributed by atoms with van der Waals surface area (Å²) in [6.45, 7) is 0. The van der Waals surface area contributed by atoms with Crippen molar-refractivity contribution in [3.8, 4) is 17.4 Å². The van der Waals surface area contributed by atoms with E-state index in [-0.39, 0.29) is 27.6 Å². The molecule has 8 nitrogen and oxygen atoms in total. The minimum atomic E-state index is -0.764. The van der Waals surface area contributed by atoms with Crippen molar-refractivity contribution >= 4 is 34.7 Å². The Morgan fingerprint density at radius 1 is 1.22 bits per heavy atom. The summed E-state index contributed by atoms with van der Waals surface area (Å²) in [5.41, 5.74) is -0.856. The first-order valence-corrected chi connectivity index (χ1v) is 8.20. The van der Waals surface area contributed by atoms with Crippen molar-refractivity contribution in [2.75, 3.05) is 0 Å². The molecule has 3 rings (SSSR count). The van der Waals surface area contributed by atoms with Crippen LogP contribution in [0.2, 0.25) is 10.0 Å². The van der Waals surface area contributed by atoms with Gasteiger partial charge in [0.15, 0.2) is 0 Å². The summed E-state index contributed by atoms with van der Waals surface area (Å²) in [6.07, 6.45) is 1.13. The monoisotopic (exact) mass is 407 g/mol. The highest BCUT2D eigenvalue weighted by atomic mass is 35.5. The van der Waals surface area contributed by atoms with Crippen molar-refractivity contribution in [3.63, 3.8) is 0 Å². The summed E-state index contributed by atoms with van der Waals surface area (Å²) in [6, 6.07) is 8.25. The van der Waals surface area contributed by atoms with E-state index >= 15 is 0 Å². The molecule has 0 bridgehead atoms. The minimum Gasteiger partial charge on any atom is -0.493 e. The van der Waals surface area contributed by atoms with Crippen molar-refractivity contribution in [3.05, 3.63) is 73.9 Å². The molecule has 138 valence electrons. The van der Waals surface area contributed by atoms with Gasteiger partial charge < -0.3 is 9.84 Å². The van der Waals surface area contributed by atoms with E-state index < -0.39 is 22.3 Å². The second-order valence-electron chi connectivity index (χ2n) is 5.45. The summed E-state index contributed by atoms with van der Waals surface area (Å²) in [5, 5.41) is 25.6. The highest BCUT2D eigenvalue weighted by Gasteiger charge is 2.26. The zero-order chi connectivity index (χ0) is 19.7. The predicted octanol–water partition coefficient (Wildman–Crippen LogP) is 4.36. The van der Waals surface area contributed by atoms with E-state index in [4.69, 9.17) is 27.9 Å². The van der Waals surface area contributed by atoms with Gasteiger partial charge in [0.2, 0.25) is 11.7 Å². The Balaban J connectivity index is 2.04. The van der Waals surface area contributed by atoms with Gasteiger partial charge in [-0.25, -0.2) is 4.68 Å². The van der Waals surface area contributed by atoms with Crippen molar-refractivity contribution in [2.24, 2.45) is 7.05 Å². The first-order valence-electron chi connectivity index (χ1n) is 7.45. The van der Waals surface area contributed by atoms with Crippen molar-refractivity contribution < 1.29 is 19.6 Å². The largest absolute Gasteiger partial charge is 0.493 e. The summed E-state index contributed by atoms with van der Waals surface area (Å²) < 4.78 is 6.69. The third kappa shape index (κ3) is 3.71. The second kappa shape index (κ2) is 7.26. The molecule has 27 heavy (non-hydrogen) atoms. The number of ether oxygens (including phenoxy) is 1. The molecule has 0 radical (unpaired) electrons. The summed E-state index contributed by atoms with van der Waals surface area (Å²) in [5.74, 6) is -0.754. The van der Waals surface area contributed by atoms with Gasteiger partial charge >= 0.3 is 0 Å². The number of aromatic hydroxyl groups is 1. The molecule has 0 saturated heterocycles. The molecule has 1 aromatic heterocycles. The van der Waals surface area contributed by atoms with Gasteiger partial charge in [-0.05, 0) is 30.3 Å².